The summed E-state index contributed by atoms with van der Waals surface area (Å²) in [5.41, 5.74) is 3.80. The van der Waals surface area contributed by atoms with Crippen LogP contribution in [-0.4, -0.2) is 73.7 Å². The van der Waals surface area contributed by atoms with Crippen molar-refractivity contribution in [3.8, 4) is 6.07 Å². The zero-order chi connectivity index (χ0) is 26.3. The van der Waals surface area contributed by atoms with Gasteiger partial charge in [0.2, 0.25) is 0 Å². The average molecular weight is 522 g/mol. The number of nitriles is 1. The highest BCUT2D eigenvalue weighted by Crippen LogP contribution is 2.31. The van der Waals surface area contributed by atoms with E-state index >= 15 is 0 Å². The summed E-state index contributed by atoms with van der Waals surface area (Å²) in [5.74, 6) is 0. The van der Waals surface area contributed by atoms with Crippen molar-refractivity contribution < 1.29 is 4.74 Å². The Kier molecular flexibility index (Phi) is 6.96. The molecule has 4 aromatic heterocycles. The van der Waals surface area contributed by atoms with Crippen molar-refractivity contribution in [2.24, 2.45) is 7.05 Å². The number of hydrogen-bond donors (Lipinski definition) is 0. The Morgan fingerprint density at radius 3 is 2.84 bits per heavy atom. The summed E-state index contributed by atoms with van der Waals surface area (Å²) >= 11 is 1.61. The van der Waals surface area contributed by atoms with Crippen molar-refractivity contribution in [3.63, 3.8) is 0 Å². The molecule has 194 valence electrons. The minimum Gasteiger partial charge on any atom is -0.382 e. The first kappa shape index (κ1) is 25.3. The predicted molar refractivity (Wildman–Crippen MR) is 142 cm³/mol. The van der Waals surface area contributed by atoms with Crippen molar-refractivity contribution in [2.75, 3.05) is 38.4 Å². The van der Waals surface area contributed by atoms with Gasteiger partial charge in [0.25, 0.3) is 5.56 Å². The zero-order valence-corrected chi connectivity index (χ0v) is 22.6. The van der Waals surface area contributed by atoms with E-state index in [4.69, 9.17) is 14.7 Å². The Morgan fingerprint density at radius 2 is 2.11 bits per heavy atom. The standard InChI is InChI=1S/C25H31N9O2S/c1-6-31-15-32(22-11-23(35)30(4)34-12-18(9-10-26)28-24(22)34)19(14-36-5)13-33(31)16(2)20-7-8-21-25(29-20)37-17(3)27-21/h7-8,11-12,16,19H,6,9,13-15H2,1-5H3/t16?,19-/m1/s1. The third-order valence-corrected chi connectivity index (χ3v) is 7.82. The maximum absolute atomic E-state index is 12.9. The maximum atomic E-state index is 12.9. The molecule has 5 heterocycles. The van der Waals surface area contributed by atoms with Crippen LogP contribution in [0, 0.1) is 18.3 Å². The third-order valence-electron chi connectivity index (χ3n) is 6.94. The van der Waals surface area contributed by atoms with E-state index in [9.17, 15) is 10.1 Å². The topological polar surface area (TPSA) is 108 Å². The van der Waals surface area contributed by atoms with Crippen LogP contribution < -0.4 is 10.5 Å². The van der Waals surface area contributed by atoms with E-state index in [1.807, 2.05) is 13.0 Å². The van der Waals surface area contributed by atoms with E-state index in [1.54, 1.807) is 42.3 Å². The molecule has 0 radical (unpaired) electrons. The van der Waals surface area contributed by atoms with Gasteiger partial charge in [0, 0.05) is 33.3 Å². The molecule has 0 saturated carbocycles. The molecule has 0 aromatic carbocycles. The number of thiazole rings is 1. The molecule has 2 atom stereocenters. The first-order chi connectivity index (χ1) is 17.8. The molecule has 37 heavy (non-hydrogen) atoms. The molecule has 0 amide bonds. The van der Waals surface area contributed by atoms with Crippen LogP contribution in [0.3, 0.4) is 0 Å². The Balaban J connectivity index is 1.52. The molecule has 0 N–H and O–H groups in total. The number of anilines is 1. The number of imidazole rings is 1. The summed E-state index contributed by atoms with van der Waals surface area (Å²) in [6.07, 6.45) is 1.94. The molecule has 1 fully saturated rings. The fraction of sp³-hybridized carbons (Fsp3) is 0.480. The van der Waals surface area contributed by atoms with E-state index in [-0.39, 0.29) is 24.1 Å². The fourth-order valence-corrected chi connectivity index (χ4v) is 5.79. The van der Waals surface area contributed by atoms with Crippen molar-refractivity contribution in [2.45, 2.75) is 39.3 Å². The van der Waals surface area contributed by atoms with E-state index < -0.39 is 0 Å². The monoisotopic (exact) mass is 521 g/mol. The van der Waals surface area contributed by atoms with Crippen molar-refractivity contribution in [1.82, 2.24) is 34.2 Å². The Labute approximate surface area is 219 Å². The van der Waals surface area contributed by atoms with Crippen LogP contribution in [-0.2, 0) is 18.2 Å². The van der Waals surface area contributed by atoms with Crippen LogP contribution in [0.5, 0.6) is 0 Å². The highest BCUT2D eigenvalue weighted by molar-refractivity contribution is 7.18. The predicted octanol–water partition coefficient (Wildman–Crippen LogP) is 2.50. The first-order valence-corrected chi connectivity index (χ1v) is 13.1. The largest absolute Gasteiger partial charge is 0.382 e. The molecular formula is C25H31N9O2S. The second-order valence-electron chi connectivity index (χ2n) is 9.26. The fourth-order valence-electron chi connectivity index (χ4n) is 5.00. The lowest BCUT2D eigenvalue weighted by atomic mass is 10.1. The van der Waals surface area contributed by atoms with Crippen molar-refractivity contribution in [3.05, 3.63) is 51.1 Å². The van der Waals surface area contributed by atoms with Crippen LogP contribution in [0.2, 0.25) is 0 Å². The smallest absolute Gasteiger partial charge is 0.267 e. The van der Waals surface area contributed by atoms with Gasteiger partial charge in [0.05, 0.1) is 66.1 Å². The summed E-state index contributed by atoms with van der Waals surface area (Å²) < 4.78 is 8.89. The molecule has 0 aliphatic carbocycles. The summed E-state index contributed by atoms with van der Waals surface area (Å²) in [7, 11) is 3.40. The second-order valence-corrected chi connectivity index (χ2v) is 10.4. The molecule has 4 aromatic rings. The van der Waals surface area contributed by atoms with E-state index in [1.165, 1.54) is 4.68 Å². The first-order valence-electron chi connectivity index (χ1n) is 12.3. The van der Waals surface area contributed by atoms with Gasteiger partial charge in [0.1, 0.15) is 10.3 Å². The number of aromatic nitrogens is 5. The minimum absolute atomic E-state index is 0.0309. The summed E-state index contributed by atoms with van der Waals surface area (Å²) in [6, 6.07) is 7.89. The molecule has 1 aliphatic rings. The highest BCUT2D eigenvalue weighted by atomic mass is 32.1. The molecule has 0 bridgehead atoms. The molecule has 0 spiro atoms. The Bertz CT molecular complexity index is 1530. The van der Waals surface area contributed by atoms with Crippen LogP contribution in [0.25, 0.3) is 16.0 Å². The van der Waals surface area contributed by atoms with Gasteiger partial charge in [-0.3, -0.25) is 4.79 Å². The molecule has 12 heteroatoms. The molecule has 1 aliphatic heterocycles. The van der Waals surface area contributed by atoms with Crippen LogP contribution in [0.15, 0.2) is 29.2 Å². The Morgan fingerprint density at radius 1 is 1.30 bits per heavy atom. The number of hydrazine groups is 1. The number of aryl methyl sites for hydroxylation is 2. The zero-order valence-electron chi connectivity index (χ0n) is 21.7. The highest BCUT2D eigenvalue weighted by Gasteiger charge is 2.36. The molecule has 5 rings (SSSR count). The lowest BCUT2D eigenvalue weighted by molar-refractivity contribution is -0.0886. The van der Waals surface area contributed by atoms with Crippen LogP contribution in [0.1, 0.15) is 36.3 Å². The van der Waals surface area contributed by atoms with Gasteiger partial charge >= 0.3 is 0 Å². The van der Waals surface area contributed by atoms with Gasteiger partial charge in [-0.25, -0.2) is 34.2 Å². The van der Waals surface area contributed by atoms with E-state index in [2.05, 4.69) is 45.9 Å². The van der Waals surface area contributed by atoms with Gasteiger partial charge in [0.15, 0.2) is 5.65 Å². The molecular weight excluding hydrogens is 490 g/mol. The molecule has 1 saturated heterocycles. The number of pyridine rings is 1. The van der Waals surface area contributed by atoms with Crippen molar-refractivity contribution >= 4 is 33.0 Å². The Hall–Kier alpha value is -3.37. The number of nitrogens with zero attached hydrogens (tertiary/aromatic N) is 9. The normalized spacial score (nSPS) is 18.1. The summed E-state index contributed by atoms with van der Waals surface area (Å²) in [5, 5.41) is 14.8. The van der Waals surface area contributed by atoms with Crippen molar-refractivity contribution in [1.29, 1.82) is 5.26 Å². The summed E-state index contributed by atoms with van der Waals surface area (Å²) in [6.45, 7) is 8.78. The maximum Gasteiger partial charge on any atom is 0.267 e. The van der Waals surface area contributed by atoms with Gasteiger partial charge in [-0.15, -0.1) is 0 Å². The molecule has 1 unspecified atom stereocenters. The van der Waals surface area contributed by atoms with Crippen LogP contribution in [0.4, 0.5) is 5.69 Å². The van der Waals surface area contributed by atoms with E-state index in [0.29, 0.717) is 31.2 Å². The van der Waals surface area contributed by atoms with Crippen LogP contribution >= 0.6 is 11.3 Å². The average Bonchev–Trinajstić information content (AvgIpc) is 3.48. The van der Waals surface area contributed by atoms with Gasteiger partial charge in [-0.2, -0.15) is 5.26 Å². The number of hydrogen-bond acceptors (Lipinski definition) is 10. The minimum atomic E-state index is -0.143. The number of methoxy groups -OCH3 is 1. The van der Waals surface area contributed by atoms with Gasteiger partial charge in [-0.05, 0) is 26.0 Å². The second kappa shape index (κ2) is 10.2. The van der Waals surface area contributed by atoms with Gasteiger partial charge in [-0.1, -0.05) is 18.3 Å². The number of fused-ring (bicyclic) bond motifs is 2. The van der Waals surface area contributed by atoms with Gasteiger partial charge < -0.3 is 9.64 Å². The lowest BCUT2D eigenvalue weighted by Crippen LogP contribution is -2.63. The lowest BCUT2D eigenvalue weighted by Gasteiger charge is -2.50. The SMILES string of the molecule is CCN1CN(c2cc(=O)n(C)n3cc(CC#N)nc23)[C@@H](COC)CN1C(C)c1ccc2nc(C)sc2n1. The summed E-state index contributed by atoms with van der Waals surface area (Å²) in [4.78, 5) is 30.2. The number of rotatable bonds is 7. The third kappa shape index (κ3) is 4.59. The van der Waals surface area contributed by atoms with E-state index in [0.717, 1.165) is 33.3 Å². The molecule has 11 nitrogen and oxygen atoms in total. The number of ether oxygens (including phenoxy) is 1. The quantitative estimate of drug-likeness (QED) is 0.362.